The van der Waals surface area contributed by atoms with E-state index in [1.807, 2.05) is 0 Å². The molecule has 0 aromatic carbocycles. The monoisotopic (exact) mass is 285 g/mol. The minimum absolute atomic E-state index is 0.294. The fraction of sp³-hybridized carbons (Fsp3) is 0.929. The average molecular weight is 285 g/mol. The molecule has 1 unspecified atom stereocenters. The van der Waals surface area contributed by atoms with Crippen LogP contribution in [0.5, 0.6) is 0 Å². The highest BCUT2D eigenvalue weighted by Crippen LogP contribution is 2.48. The zero-order chi connectivity index (χ0) is 14.5. The number of amides is 1. The van der Waals surface area contributed by atoms with Crippen molar-refractivity contribution in [1.82, 2.24) is 5.32 Å². The molecule has 6 nitrogen and oxygen atoms in total. The normalized spacial score (nSPS) is 46.4. The quantitative estimate of drug-likeness (QED) is 0.634. The third-order valence-electron chi connectivity index (χ3n) is 4.94. The summed E-state index contributed by atoms with van der Waals surface area (Å²) in [5.74, 6) is -0.939. The van der Waals surface area contributed by atoms with Gasteiger partial charge in [-0.15, -0.1) is 0 Å². The van der Waals surface area contributed by atoms with Crippen molar-refractivity contribution in [1.29, 1.82) is 0 Å². The summed E-state index contributed by atoms with van der Waals surface area (Å²) in [7, 11) is 0. The molecule has 1 heterocycles. The van der Waals surface area contributed by atoms with E-state index in [-0.39, 0.29) is 5.91 Å². The van der Waals surface area contributed by atoms with Crippen molar-refractivity contribution in [2.24, 2.45) is 0 Å². The van der Waals surface area contributed by atoms with Crippen molar-refractivity contribution >= 4 is 5.91 Å². The predicted molar refractivity (Wildman–Crippen MR) is 69.8 cm³/mol. The van der Waals surface area contributed by atoms with Gasteiger partial charge in [0.1, 0.15) is 24.4 Å². The Labute approximate surface area is 118 Å². The third kappa shape index (κ3) is 1.97. The fourth-order valence-electron chi connectivity index (χ4n) is 3.86. The van der Waals surface area contributed by atoms with Gasteiger partial charge in [-0.3, -0.25) is 4.79 Å². The molecule has 0 aromatic heterocycles. The lowest BCUT2D eigenvalue weighted by molar-refractivity contribution is -0.221. The van der Waals surface area contributed by atoms with E-state index in [1.165, 1.54) is 13.3 Å². The number of aliphatic hydroxyl groups excluding tert-OH is 2. The zero-order valence-corrected chi connectivity index (χ0v) is 12.0. The molecule has 6 heteroatoms. The molecule has 3 aliphatic rings. The lowest BCUT2D eigenvalue weighted by atomic mass is 9.92. The Morgan fingerprint density at radius 3 is 2.05 bits per heavy atom. The predicted octanol–water partition coefficient (Wildman–Crippen LogP) is 0.0610. The van der Waals surface area contributed by atoms with Crippen molar-refractivity contribution in [3.8, 4) is 0 Å². The largest absolute Gasteiger partial charge is 0.388 e. The molecule has 1 aliphatic heterocycles. The molecule has 0 bridgehead atoms. The van der Waals surface area contributed by atoms with E-state index >= 15 is 0 Å². The molecule has 2 aliphatic carbocycles. The molecule has 114 valence electrons. The van der Waals surface area contributed by atoms with Gasteiger partial charge in [0.2, 0.25) is 5.91 Å². The Hall–Kier alpha value is -0.690. The summed E-state index contributed by atoms with van der Waals surface area (Å²) >= 11 is 0. The van der Waals surface area contributed by atoms with Crippen LogP contribution >= 0.6 is 0 Å². The maximum Gasteiger partial charge on any atom is 0.217 e. The molecule has 0 radical (unpaired) electrons. The summed E-state index contributed by atoms with van der Waals surface area (Å²) < 4.78 is 12.0. The maximum absolute atomic E-state index is 11.3. The Morgan fingerprint density at radius 2 is 1.60 bits per heavy atom. The highest BCUT2D eigenvalue weighted by Gasteiger charge is 2.65. The van der Waals surface area contributed by atoms with Gasteiger partial charge in [-0.1, -0.05) is 6.42 Å². The number of ether oxygens (including phenoxy) is 2. The number of rotatable bonds is 1. The van der Waals surface area contributed by atoms with Crippen LogP contribution in [0, 0.1) is 0 Å². The molecular weight excluding hydrogens is 262 g/mol. The first kappa shape index (κ1) is 14.3. The van der Waals surface area contributed by atoms with E-state index < -0.39 is 35.7 Å². The summed E-state index contributed by atoms with van der Waals surface area (Å²) in [5, 5.41) is 23.6. The van der Waals surface area contributed by atoms with E-state index in [9.17, 15) is 15.0 Å². The number of nitrogens with one attached hydrogen (secondary N) is 1. The van der Waals surface area contributed by atoms with Gasteiger partial charge in [-0.05, 0) is 19.8 Å². The molecular formula is C14H23NO5. The summed E-state index contributed by atoms with van der Waals surface area (Å²) in [4.78, 5) is 11.3. The van der Waals surface area contributed by atoms with E-state index in [2.05, 4.69) is 5.32 Å². The van der Waals surface area contributed by atoms with E-state index in [1.54, 1.807) is 6.92 Å². The van der Waals surface area contributed by atoms with Crippen molar-refractivity contribution in [3.05, 3.63) is 0 Å². The smallest absolute Gasteiger partial charge is 0.217 e. The van der Waals surface area contributed by atoms with Gasteiger partial charge in [0, 0.05) is 19.8 Å². The molecule has 1 spiro atoms. The minimum atomic E-state index is -1.13. The second-order valence-corrected chi connectivity index (χ2v) is 6.49. The van der Waals surface area contributed by atoms with E-state index in [0.717, 1.165) is 25.7 Å². The first-order valence-corrected chi connectivity index (χ1v) is 7.38. The molecule has 3 N–H and O–H groups in total. The van der Waals surface area contributed by atoms with Crippen LogP contribution in [-0.2, 0) is 14.3 Å². The second-order valence-electron chi connectivity index (χ2n) is 6.49. The third-order valence-corrected chi connectivity index (χ3v) is 4.94. The van der Waals surface area contributed by atoms with Crippen LogP contribution in [0.3, 0.4) is 0 Å². The summed E-state index contributed by atoms with van der Waals surface area (Å²) in [6, 6.07) is 0. The number of hydrogen-bond acceptors (Lipinski definition) is 5. The molecule has 20 heavy (non-hydrogen) atoms. The number of aliphatic hydroxyl groups is 2. The average Bonchev–Trinajstić information content (AvgIpc) is 2.82. The highest BCUT2D eigenvalue weighted by molar-refractivity contribution is 5.74. The highest BCUT2D eigenvalue weighted by atomic mass is 16.8. The van der Waals surface area contributed by atoms with E-state index in [0.29, 0.717) is 0 Å². The fourth-order valence-corrected chi connectivity index (χ4v) is 3.86. The van der Waals surface area contributed by atoms with Crippen molar-refractivity contribution in [2.75, 3.05) is 0 Å². The molecule has 2 saturated carbocycles. The number of hydrogen-bond donors (Lipinski definition) is 3. The van der Waals surface area contributed by atoms with Gasteiger partial charge < -0.3 is 25.0 Å². The van der Waals surface area contributed by atoms with Crippen LogP contribution in [0.15, 0.2) is 0 Å². The molecule has 3 rings (SSSR count). The Morgan fingerprint density at radius 1 is 1.10 bits per heavy atom. The number of carbonyl (C=O) groups excluding carboxylic acids is 1. The molecule has 5 atom stereocenters. The van der Waals surface area contributed by atoms with Crippen LogP contribution < -0.4 is 5.32 Å². The standard InChI is InChI=1S/C14H23NO5/c1-8(16)15-13(2)11(17)9-10(12(13)18)20-14(19-9)6-4-3-5-7-14/h9-12,17-18H,3-7H2,1-2H3,(H,15,16)/t9-,10+,11+,12-,13?. The van der Waals surface area contributed by atoms with Gasteiger partial charge in [-0.2, -0.15) is 0 Å². The van der Waals surface area contributed by atoms with Gasteiger partial charge in [0.25, 0.3) is 0 Å². The summed E-state index contributed by atoms with van der Waals surface area (Å²) in [6.07, 6.45) is 1.72. The minimum Gasteiger partial charge on any atom is -0.388 e. The van der Waals surface area contributed by atoms with Crippen LogP contribution in [0.25, 0.3) is 0 Å². The summed E-state index contributed by atoms with van der Waals surface area (Å²) in [5.41, 5.74) is -1.13. The molecule has 0 aromatic rings. The Balaban J connectivity index is 1.80. The van der Waals surface area contributed by atoms with Gasteiger partial charge in [0.15, 0.2) is 5.79 Å². The van der Waals surface area contributed by atoms with Crippen LogP contribution in [0.1, 0.15) is 46.0 Å². The van der Waals surface area contributed by atoms with Crippen LogP contribution in [-0.4, -0.2) is 51.9 Å². The first-order chi connectivity index (χ1) is 9.38. The SMILES string of the molecule is CC(=O)NC1(C)[C@H](O)[C@H]2OC3(CCCCC3)O[C@H]2[C@@H]1O. The number of fused-ring (bicyclic) bond motifs is 1. The molecule has 1 saturated heterocycles. The van der Waals surface area contributed by atoms with Gasteiger partial charge in [0.05, 0.1) is 5.54 Å². The topological polar surface area (TPSA) is 88.0 Å². The van der Waals surface area contributed by atoms with Crippen LogP contribution in [0.4, 0.5) is 0 Å². The zero-order valence-electron chi connectivity index (χ0n) is 12.0. The second kappa shape index (κ2) is 4.66. The maximum atomic E-state index is 11.3. The first-order valence-electron chi connectivity index (χ1n) is 7.38. The van der Waals surface area contributed by atoms with Gasteiger partial charge >= 0.3 is 0 Å². The lowest BCUT2D eigenvalue weighted by Gasteiger charge is -2.38. The number of carbonyl (C=O) groups is 1. The van der Waals surface area contributed by atoms with E-state index in [4.69, 9.17) is 9.47 Å². The Bertz CT molecular complexity index is 386. The Kier molecular flexibility index (Phi) is 3.32. The van der Waals surface area contributed by atoms with Crippen molar-refractivity contribution in [3.63, 3.8) is 0 Å². The molecule has 1 amide bonds. The lowest BCUT2D eigenvalue weighted by Crippen LogP contribution is -2.60. The summed E-state index contributed by atoms with van der Waals surface area (Å²) in [6.45, 7) is 2.99. The van der Waals surface area contributed by atoms with Gasteiger partial charge in [-0.25, -0.2) is 0 Å². The van der Waals surface area contributed by atoms with Crippen molar-refractivity contribution < 1.29 is 24.5 Å². The van der Waals surface area contributed by atoms with Crippen LogP contribution in [0.2, 0.25) is 0 Å². The molecule has 3 fully saturated rings. The van der Waals surface area contributed by atoms with Crippen molar-refractivity contribution in [2.45, 2.75) is 81.7 Å².